The van der Waals surface area contributed by atoms with Gasteiger partial charge >= 0.3 is 0 Å². The lowest BCUT2D eigenvalue weighted by atomic mass is 10.1. The fraction of sp³-hybridized carbons (Fsp3) is 0.304. The Labute approximate surface area is 183 Å². The summed E-state index contributed by atoms with van der Waals surface area (Å²) in [6.07, 6.45) is 2.28. The molecule has 162 valence electrons. The summed E-state index contributed by atoms with van der Waals surface area (Å²) in [6.45, 7) is 5.28. The molecule has 3 rings (SSSR count). The minimum atomic E-state index is -3.55. The normalized spacial score (nSPS) is 15.4. The number of rotatable bonds is 6. The molecule has 1 saturated heterocycles. The molecule has 1 amide bonds. The van der Waals surface area contributed by atoms with Crippen LogP contribution >= 0.6 is 0 Å². The summed E-state index contributed by atoms with van der Waals surface area (Å²) in [6, 6.07) is 16.1. The van der Waals surface area contributed by atoms with Gasteiger partial charge in [-0.1, -0.05) is 43.3 Å². The zero-order valence-corrected chi connectivity index (χ0v) is 18.5. The second-order valence-electron chi connectivity index (χ2n) is 7.32. The monoisotopic (exact) mass is 438 g/mol. The molecule has 1 N–H and O–H groups in total. The molecule has 31 heavy (non-hydrogen) atoms. The number of nitrogens with zero attached hydrogens (tertiary/aromatic N) is 3. The smallest absolute Gasteiger partial charge is 0.267 e. The number of sulfonamides is 1. The number of amides is 1. The summed E-state index contributed by atoms with van der Waals surface area (Å²) in [5.74, 6) is -0.467. The third-order valence-corrected chi connectivity index (χ3v) is 7.22. The quantitative estimate of drug-likeness (QED) is 0.553. The topological polar surface area (TPSA) is 93.5 Å². The molecule has 1 heterocycles. The van der Waals surface area contributed by atoms with Crippen molar-refractivity contribution in [2.24, 2.45) is 0 Å². The first-order valence-corrected chi connectivity index (χ1v) is 11.6. The van der Waals surface area contributed by atoms with Crippen LogP contribution < -0.4 is 5.32 Å². The number of para-hydroxylation sites is 1. The predicted molar refractivity (Wildman–Crippen MR) is 120 cm³/mol. The van der Waals surface area contributed by atoms with Gasteiger partial charge < -0.3 is 10.2 Å². The van der Waals surface area contributed by atoms with Gasteiger partial charge in [-0.15, -0.1) is 0 Å². The highest BCUT2D eigenvalue weighted by molar-refractivity contribution is 7.89. The third kappa shape index (κ3) is 5.13. The molecule has 2 aromatic carbocycles. The molecule has 0 aliphatic carbocycles. The highest BCUT2D eigenvalue weighted by Gasteiger charge is 2.28. The SMILES string of the molecule is CCc1cccc(C)c1NC(=O)/C(C#N)=C\N1CCN(S(=O)(=O)c2ccccc2)CC1. The number of anilines is 1. The molecule has 0 atom stereocenters. The molecule has 8 heteroatoms. The number of aryl methyl sites for hydroxylation is 2. The van der Waals surface area contributed by atoms with Crippen molar-refractivity contribution in [2.45, 2.75) is 25.2 Å². The Morgan fingerprint density at radius 2 is 1.77 bits per heavy atom. The van der Waals surface area contributed by atoms with Crippen molar-refractivity contribution in [3.8, 4) is 6.07 Å². The van der Waals surface area contributed by atoms with E-state index in [1.165, 1.54) is 10.5 Å². The summed E-state index contributed by atoms with van der Waals surface area (Å²) < 4.78 is 26.9. The van der Waals surface area contributed by atoms with Crippen LogP contribution in [-0.2, 0) is 21.2 Å². The standard InChI is InChI=1S/C23H26N4O3S/c1-3-19-9-7-8-18(2)22(19)25-23(28)20(16-24)17-26-12-14-27(15-13-26)31(29,30)21-10-5-4-6-11-21/h4-11,17H,3,12-15H2,1-2H3,(H,25,28)/b20-17-. The molecule has 0 bridgehead atoms. The fourth-order valence-electron chi connectivity index (χ4n) is 3.52. The second-order valence-corrected chi connectivity index (χ2v) is 9.26. The van der Waals surface area contributed by atoms with Gasteiger partial charge in [-0.2, -0.15) is 9.57 Å². The summed E-state index contributed by atoms with van der Waals surface area (Å²) >= 11 is 0. The molecule has 0 radical (unpaired) electrons. The molecule has 0 spiro atoms. The van der Waals surface area contributed by atoms with E-state index in [4.69, 9.17) is 0 Å². The van der Waals surface area contributed by atoms with Crippen LogP contribution in [0, 0.1) is 18.3 Å². The zero-order valence-electron chi connectivity index (χ0n) is 17.7. The third-order valence-electron chi connectivity index (χ3n) is 5.31. The molecule has 2 aromatic rings. The van der Waals surface area contributed by atoms with Gasteiger partial charge in [-0.25, -0.2) is 8.42 Å². The Bertz CT molecular complexity index is 1110. The summed E-state index contributed by atoms with van der Waals surface area (Å²) in [5, 5.41) is 12.4. The van der Waals surface area contributed by atoms with Crippen LogP contribution in [0.4, 0.5) is 5.69 Å². The van der Waals surface area contributed by atoms with Gasteiger partial charge in [0, 0.05) is 38.1 Å². The Morgan fingerprint density at radius 1 is 1.10 bits per heavy atom. The van der Waals surface area contributed by atoms with E-state index >= 15 is 0 Å². The number of nitrogens with one attached hydrogen (secondary N) is 1. The van der Waals surface area contributed by atoms with Crippen LogP contribution in [0.3, 0.4) is 0 Å². The second kappa shape index (κ2) is 9.77. The Hall–Kier alpha value is -3.15. The van der Waals surface area contributed by atoms with Gasteiger partial charge in [0.1, 0.15) is 11.6 Å². The van der Waals surface area contributed by atoms with E-state index in [9.17, 15) is 18.5 Å². The highest BCUT2D eigenvalue weighted by atomic mass is 32.2. The zero-order chi connectivity index (χ0) is 22.4. The maximum atomic E-state index is 12.8. The first-order chi connectivity index (χ1) is 14.9. The molecule has 1 fully saturated rings. The van der Waals surface area contributed by atoms with Gasteiger partial charge in [0.25, 0.3) is 5.91 Å². The lowest BCUT2D eigenvalue weighted by Crippen LogP contribution is -2.46. The summed E-state index contributed by atoms with van der Waals surface area (Å²) in [7, 11) is -3.55. The lowest BCUT2D eigenvalue weighted by molar-refractivity contribution is -0.112. The van der Waals surface area contributed by atoms with Gasteiger partial charge in [-0.05, 0) is 36.6 Å². The van der Waals surface area contributed by atoms with Gasteiger partial charge in [-0.3, -0.25) is 4.79 Å². The van der Waals surface area contributed by atoms with Crippen LogP contribution in [0.2, 0.25) is 0 Å². The summed E-state index contributed by atoms with van der Waals surface area (Å²) in [4.78, 5) is 14.8. The average molecular weight is 439 g/mol. The Morgan fingerprint density at radius 3 is 2.39 bits per heavy atom. The minimum Gasteiger partial charge on any atom is -0.373 e. The molecule has 0 saturated carbocycles. The number of nitriles is 1. The number of carbonyl (C=O) groups excluding carboxylic acids is 1. The van der Waals surface area contributed by atoms with E-state index in [0.29, 0.717) is 13.1 Å². The van der Waals surface area contributed by atoms with E-state index in [1.807, 2.05) is 43.0 Å². The van der Waals surface area contributed by atoms with Crippen LogP contribution in [0.15, 0.2) is 65.2 Å². The average Bonchev–Trinajstić information content (AvgIpc) is 2.79. The molecule has 1 aliphatic heterocycles. The number of benzene rings is 2. The van der Waals surface area contributed by atoms with Crippen LogP contribution in [-0.4, -0.2) is 49.7 Å². The number of hydrogen-bond acceptors (Lipinski definition) is 5. The first-order valence-electron chi connectivity index (χ1n) is 10.2. The highest BCUT2D eigenvalue weighted by Crippen LogP contribution is 2.22. The van der Waals surface area contributed by atoms with Crippen molar-refractivity contribution in [3.05, 3.63) is 71.4 Å². The number of hydrogen-bond donors (Lipinski definition) is 1. The molecule has 7 nitrogen and oxygen atoms in total. The van der Waals surface area contributed by atoms with E-state index < -0.39 is 15.9 Å². The van der Waals surface area contributed by atoms with Crippen molar-refractivity contribution < 1.29 is 13.2 Å². The van der Waals surface area contributed by atoms with E-state index in [2.05, 4.69) is 5.32 Å². The van der Waals surface area contributed by atoms with Gasteiger partial charge in [0.05, 0.1) is 4.90 Å². The van der Waals surface area contributed by atoms with E-state index in [0.717, 1.165) is 23.2 Å². The summed E-state index contributed by atoms with van der Waals surface area (Å²) in [5.41, 5.74) is 2.66. The van der Waals surface area contributed by atoms with Crippen molar-refractivity contribution in [1.29, 1.82) is 5.26 Å². The molecular formula is C23H26N4O3S. The van der Waals surface area contributed by atoms with Crippen LogP contribution in [0.1, 0.15) is 18.1 Å². The largest absolute Gasteiger partial charge is 0.373 e. The lowest BCUT2D eigenvalue weighted by Gasteiger charge is -2.33. The first kappa shape index (κ1) is 22.5. The molecule has 0 unspecified atom stereocenters. The van der Waals surface area contributed by atoms with Crippen molar-refractivity contribution in [1.82, 2.24) is 9.21 Å². The van der Waals surface area contributed by atoms with Crippen LogP contribution in [0.5, 0.6) is 0 Å². The molecule has 1 aliphatic rings. The molecular weight excluding hydrogens is 412 g/mol. The minimum absolute atomic E-state index is 0.00956. The maximum absolute atomic E-state index is 12.8. The van der Waals surface area contributed by atoms with Gasteiger partial charge in [0.15, 0.2) is 0 Å². The predicted octanol–water partition coefficient (Wildman–Crippen LogP) is 2.91. The maximum Gasteiger partial charge on any atom is 0.267 e. The van der Waals surface area contributed by atoms with Crippen molar-refractivity contribution >= 4 is 21.6 Å². The molecule has 0 aromatic heterocycles. The van der Waals surface area contributed by atoms with Crippen LogP contribution in [0.25, 0.3) is 0 Å². The fourth-order valence-corrected chi connectivity index (χ4v) is 4.96. The van der Waals surface area contributed by atoms with E-state index in [1.54, 1.807) is 30.3 Å². The number of carbonyl (C=O) groups is 1. The van der Waals surface area contributed by atoms with Gasteiger partial charge in [0.2, 0.25) is 10.0 Å². The Kier molecular flexibility index (Phi) is 7.10. The van der Waals surface area contributed by atoms with E-state index in [-0.39, 0.29) is 23.6 Å². The Balaban J connectivity index is 1.68. The van der Waals surface area contributed by atoms with Crippen molar-refractivity contribution in [3.63, 3.8) is 0 Å². The van der Waals surface area contributed by atoms with Crippen molar-refractivity contribution in [2.75, 3.05) is 31.5 Å². The number of piperazine rings is 1.